The van der Waals surface area contributed by atoms with E-state index in [2.05, 4.69) is 10.3 Å². The molecular weight excluding hydrogens is 204 g/mol. The molecule has 2 rings (SSSR count). The van der Waals surface area contributed by atoms with Gasteiger partial charge in [0.1, 0.15) is 11.3 Å². The number of rotatable bonds is 1. The number of amides is 1. The summed E-state index contributed by atoms with van der Waals surface area (Å²) in [6.07, 6.45) is 0.994. The minimum atomic E-state index is -0.386. The van der Waals surface area contributed by atoms with Gasteiger partial charge in [-0.25, -0.2) is 9.78 Å². The number of hydrogen-bond donors (Lipinski definition) is 1. The first-order chi connectivity index (χ1) is 6.66. The Morgan fingerprint density at radius 3 is 3.07 bits per heavy atom. The summed E-state index contributed by atoms with van der Waals surface area (Å²) in [6.45, 7) is 2.35. The van der Waals surface area contributed by atoms with Crippen molar-refractivity contribution in [3.8, 4) is 0 Å². The smallest absolute Gasteiger partial charge is 0.407 e. The van der Waals surface area contributed by atoms with Gasteiger partial charge in [0.05, 0.1) is 6.54 Å². The van der Waals surface area contributed by atoms with E-state index in [1.165, 1.54) is 0 Å². The van der Waals surface area contributed by atoms with Gasteiger partial charge >= 0.3 is 6.09 Å². The fourth-order valence-electron chi connectivity index (χ4n) is 1.33. The van der Waals surface area contributed by atoms with Gasteiger partial charge in [0, 0.05) is 11.8 Å². The van der Waals surface area contributed by atoms with Crippen LogP contribution >= 0.6 is 11.6 Å². The number of aromatic nitrogens is 1. The average Bonchev–Trinajstić information content (AvgIpc) is 2.57. The fourth-order valence-corrected chi connectivity index (χ4v) is 1.43. The second-order valence-electron chi connectivity index (χ2n) is 3.15. The molecule has 1 atom stereocenters. The Bertz CT molecular complexity index is 381. The summed E-state index contributed by atoms with van der Waals surface area (Å²) in [5.41, 5.74) is 1.75. The van der Waals surface area contributed by atoms with Gasteiger partial charge < -0.3 is 10.1 Å². The van der Waals surface area contributed by atoms with Gasteiger partial charge in [0.15, 0.2) is 0 Å². The van der Waals surface area contributed by atoms with Crippen molar-refractivity contribution in [1.29, 1.82) is 0 Å². The first-order valence-corrected chi connectivity index (χ1v) is 4.61. The first-order valence-electron chi connectivity index (χ1n) is 4.23. The maximum atomic E-state index is 10.8. The van der Waals surface area contributed by atoms with Crippen molar-refractivity contribution in [2.45, 2.75) is 13.0 Å². The molecule has 0 spiro atoms. The lowest BCUT2D eigenvalue weighted by Crippen LogP contribution is -2.12. The Morgan fingerprint density at radius 2 is 2.50 bits per heavy atom. The number of nitrogens with one attached hydrogen (secondary N) is 1. The number of cyclic esters (lactones) is 1. The van der Waals surface area contributed by atoms with Crippen LogP contribution in [0.4, 0.5) is 4.79 Å². The number of hydrogen-bond acceptors (Lipinski definition) is 3. The number of halogens is 1. The lowest BCUT2D eigenvalue weighted by atomic mass is 10.1. The largest absolute Gasteiger partial charge is 0.439 e. The van der Waals surface area contributed by atoms with Crippen molar-refractivity contribution < 1.29 is 9.53 Å². The first kappa shape index (κ1) is 9.27. The molecule has 1 aliphatic heterocycles. The third kappa shape index (κ3) is 1.65. The van der Waals surface area contributed by atoms with Gasteiger partial charge in [-0.05, 0) is 18.6 Å². The van der Waals surface area contributed by atoms with Crippen LogP contribution in [-0.4, -0.2) is 17.6 Å². The molecule has 0 aliphatic carbocycles. The third-order valence-electron chi connectivity index (χ3n) is 2.09. The second-order valence-corrected chi connectivity index (χ2v) is 3.51. The second kappa shape index (κ2) is 3.46. The molecule has 1 aromatic rings. The zero-order valence-electron chi connectivity index (χ0n) is 7.58. The molecule has 0 saturated carbocycles. The van der Waals surface area contributed by atoms with Crippen LogP contribution in [0.5, 0.6) is 0 Å². The Labute approximate surface area is 86.2 Å². The standard InChI is InChI=1S/C9H9ClN2O2/c1-5-2-6(3-11-8(5)10)7-4-12-9(13)14-7/h2-3,7H,4H2,1H3,(H,12,13). The molecule has 1 amide bonds. The van der Waals surface area contributed by atoms with Crippen molar-refractivity contribution in [3.05, 3.63) is 28.5 Å². The Balaban J connectivity index is 2.24. The molecule has 2 heterocycles. The molecule has 4 nitrogen and oxygen atoms in total. The van der Waals surface area contributed by atoms with Crippen LogP contribution in [0, 0.1) is 6.92 Å². The van der Waals surface area contributed by atoms with Crippen LogP contribution in [0.15, 0.2) is 12.3 Å². The van der Waals surface area contributed by atoms with Gasteiger partial charge in [0.25, 0.3) is 0 Å². The van der Waals surface area contributed by atoms with E-state index >= 15 is 0 Å². The Hall–Kier alpha value is -1.29. The highest BCUT2D eigenvalue weighted by Gasteiger charge is 2.24. The number of alkyl carbamates (subject to hydrolysis) is 1. The maximum Gasteiger partial charge on any atom is 0.407 e. The van der Waals surface area contributed by atoms with Gasteiger partial charge in [-0.2, -0.15) is 0 Å². The van der Waals surface area contributed by atoms with Gasteiger partial charge in [-0.15, -0.1) is 0 Å². The summed E-state index contributed by atoms with van der Waals surface area (Å²) in [7, 11) is 0. The van der Waals surface area contributed by atoms with Crippen molar-refractivity contribution in [3.63, 3.8) is 0 Å². The number of ether oxygens (including phenoxy) is 1. The van der Waals surface area contributed by atoms with Crippen molar-refractivity contribution in [2.75, 3.05) is 6.54 Å². The monoisotopic (exact) mass is 212 g/mol. The quantitative estimate of drug-likeness (QED) is 0.723. The number of pyridine rings is 1. The zero-order chi connectivity index (χ0) is 10.1. The molecule has 1 aromatic heterocycles. The Morgan fingerprint density at radius 1 is 1.71 bits per heavy atom. The zero-order valence-corrected chi connectivity index (χ0v) is 8.34. The number of nitrogens with zero attached hydrogens (tertiary/aromatic N) is 1. The van der Waals surface area contributed by atoms with E-state index in [0.717, 1.165) is 11.1 Å². The molecule has 74 valence electrons. The van der Waals surface area contributed by atoms with Crippen LogP contribution in [0.2, 0.25) is 5.15 Å². The van der Waals surface area contributed by atoms with E-state index in [1.54, 1.807) is 6.20 Å². The molecule has 1 unspecified atom stereocenters. The summed E-state index contributed by atoms with van der Waals surface area (Å²) in [6, 6.07) is 1.88. The Kier molecular flexibility index (Phi) is 2.29. The van der Waals surface area contributed by atoms with Crippen molar-refractivity contribution >= 4 is 17.7 Å². The highest BCUT2D eigenvalue weighted by molar-refractivity contribution is 6.30. The molecule has 1 aliphatic rings. The van der Waals surface area contributed by atoms with E-state index in [0.29, 0.717) is 11.7 Å². The topological polar surface area (TPSA) is 51.2 Å². The third-order valence-corrected chi connectivity index (χ3v) is 2.48. The van der Waals surface area contributed by atoms with E-state index in [1.807, 2.05) is 13.0 Å². The lowest BCUT2D eigenvalue weighted by Gasteiger charge is -2.08. The minimum absolute atomic E-state index is 0.244. The SMILES string of the molecule is Cc1cc(C2CNC(=O)O2)cnc1Cl. The van der Waals surface area contributed by atoms with Crippen LogP contribution in [0.25, 0.3) is 0 Å². The highest BCUT2D eigenvalue weighted by Crippen LogP contribution is 2.23. The van der Waals surface area contributed by atoms with E-state index < -0.39 is 0 Å². The predicted molar refractivity (Wildman–Crippen MR) is 51.2 cm³/mol. The van der Waals surface area contributed by atoms with Gasteiger partial charge in [0.2, 0.25) is 0 Å². The molecule has 0 aromatic carbocycles. The molecule has 1 N–H and O–H groups in total. The summed E-state index contributed by atoms with van der Waals surface area (Å²) >= 11 is 5.78. The van der Waals surface area contributed by atoms with E-state index in [-0.39, 0.29) is 12.2 Å². The summed E-state index contributed by atoms with van der Waals surface area (Å²) < 4.78 is 5.01. The predicted octanol–water partition coefficient (Wildman–Crippen LogP) is 1.82. The van der Waals surface area contributed by atoms with Crippen LogP contribution < -0.4 is 5.32 Å². The number of aryl methyl sites for hydroxylation is 1. The normalized spacial score (nSPS) is 20.4. The lowest BCUT2D eigenvalue weighted by molar-refractivity contribution is 0.141. The highest BCUT2D eigenvalue weighted by atomic mass is 35.5. The molecule has 0 bridgehead atoms. The number of carbonyl (C=O) groups is 1. The maximum absolute atomic E-state index is 10.8. The molecule has 1 fully saturated rings. The molecule has 5 heteroatoms. The number of carbonyl (C=O) groups excluding carboxylic acids is 1. The summed E-state index contributed by atoms with van der Waals surface area (Å²) in [5.74, 6) is 0. The van der Waals surface area contributed by atoms with Crippen LogP contribution in [0.1, 0.15) is 17.2 Å². The van der Waals surface area contributed by atoms with Gasteiger partial charge in [-0.3, -0.25) is 0 Å². The molecular formula is C9H9ClN2O2. The van der Waals surface area contributed by atoms with Crippen LogP contribution in [-0.2, 0) is 4.74 Å². The van der Waals surface area contributed by atoms with Gasteiger partial charge in [-0.1, -0.05) is 11.6 Å². The summed E-state index contributed by atoms with van der Waals surface area (Å²) in [5, 5.41) is 3.06. The molecule has 1 saturated heterocycles. The fraction of sp³-hybridized carbons (Fsp3) is 0.333. The van der Waals surface area contributed by atoms with Crippen LogP contribution in [0.3, 0.4) is 0 Å². The average molecular weight is 213 g/mol. The molecule has 0 radical (unpaired) electrons. The van der Waals surface area contributed by atoms with E-state index in [9.17, 15) is 4.79 Å². The van der Waals surface area contributed by atoms with E-state index in [4.69, 9.17) is 16.3 Å². The molecule has 14 heavy (non-hydrogen) atoms. The van der Waals surface area contributed by atoms with Crippen molar-refractivity contribution in [1.82, 2.24) is 10.3 Å². The minimum Gasteiger partial charge on any atom is -0.439 e. The van der Waals surface area contributed by atoms with Crippen molar-refractivity contribution in [2.24, 2.45) is 0 Å². The summed E-state index contributed by atoms with van der Waals surface area (Å²) in [4.78, 5) is 14.8.